The standard InChI is InChI=1S/C10H12N2O3/c1-2-3-4-7-12-9(13)6-5-8(11-12)10(14)15/h2,5-6H,1,3-4,7H2,(H,14,15). The first-order valence-electron chi connectivity index (χ1n) is 4.57. The molecule has 15 heavy (non-hydrogen) atoms. The number of aromatic nitrogens is 2. The molecule has 80 valence electrons. The summed E-state index contributed by atoms with van der Waals surface area (Å²) in [7, 11) is 0. The zero-order valence-electron chi connectivity index (χ0n) is 8.22. The van der Waals surface area contributed by atoms with Gasteiger partial charge in [-0.25, -0.2) is 9.48 Å². The highest BCUT2D eigenvalue weighted by atomic mass is 16.4. The lowest BCUT2D eigenvalue weighted by molar-refractivity contribution is 0.0687. The van der Waals surface area contributed by atoms with Crippen LogP contribution in [0.3, 0.4) is 0 Å². The Morgan fingerprint density at radius 3 is 2.93 bits per heavy atom. The van der Waals surface area contributed by atoms with Gasteiger partial charge < -0.3 is 5.11 Å². The molecule has 0 saturated carbocycles. The van der Waals surface area contributed by atoms with Crippen molar-refractivity contribution in [3.8, 4) is 0 Å². The van der Waals surface area contributed by atoms with Gasteiger partial charge in [-0.1, -0.05) is 6.08 Å². The van der Waals surface area contributed by atoms with Crippen LogP contribution in [0.15, 0.2) is 29.6 Å². The maximum Gasteiger partial charge on any atom is 0.356 e. The van der Waals surface area contributed by atoms with Crippen LogP contribution in [0.5, 0.6) is 0 Å². The number of carboxylic acid groups (broad SMARTS) is 1. The monoisotopic (exact) mass is 208 g/mol. The third-order valence-corrected chi connectivity index (χ3v) is 1.86. The van der Waals surface area contributed by atoms with Crippen LogP contribution in [0.4, 0.5) is 0 Å². The molecule has 0 atom stereocenters. The van der Waals surface area contributed by atoms with Crippen LogP contribution < -0.4 is 5.56 Å². The van der Waals surface area contributed by atoms with E-state index in [-0.39, 0.29) is 11.3 Å². The molecule has 1 aromatic heterocycles. The summed E-state index contributed by atoms with van der Waals surface area (Å²) in [6.07, 6.45) is 3.23. The second-order valence-corrected chi connectivity index (χ2v) is 3.02. The van der Waals surface area contributed by atoms with E-state index >= 15 is 0 Å². The van der Waals surface area contributed by atoms with Crippen LogP contribution >= 0.6 is 0 Å². The van der Waals surface area contributed by atoms with Crippen LogP contribution in [0.25, 0.3) is 0 Å². The number of nitrogens with zero attached hydrogens (tertiary/aromatic N) is 2. The van der Waals surface area contributed by atoms with Crippen molar-refractivity contribution in [2.24, 2.45) is 0 Å². The summed E-state index contributed by atoms with van der Waals surface area (Å²) in [5.74, 6) is -1.13. The normalized spacial score (nSPS) is 9.87. The summed E-state index contributed by atoms with van der Waals surface area (Å²) < 4.78 is 1.16. The molecular formula is C10H12N2O3. The minimum Gasteiger partial charge on any atom is -0.476 e. The van der Waals surface area contributed by atoms with Crippen molar-refractivity contribution in [2.75, 3.05) is 0 Å². The summed E-state index contributed by atoms with van der Waals surface area (Å²) in [5, 5.41) is 12.4. The van der Waals surface area contributed by atoms with Gasteiger partial charge in [0.2, 0.25) is 0 Å². The number of unbranched alkanes of at least 4 members (excludes halogenated alkanes) is 1. The van der Waals surface area contributed by atoms with Crippen molar-refractivity contribution in [3.63, 3.8) is 0 Å². The number of aromatic carboxylic acids is 1. The molecule has 0 spiro atoms. The van der Waals surface area contributed by atoms with Crippen molar-refractivity contribution in [1.29, 1.82) is 0 Å². The van der Waals surface area contributed by atoms with Gasteiger partial charge in [0.05, 0.1) is 0 Å². The summed E-state index contributed by atoms with van der Waals surface area (Å²) in [6.45, 7) is 3.97. The zero-order valence-corrected chi connectivity index (χ0v) is 8.22. The number of aryl methyl sites for hydroxylation is 1. The second-order valence-electron chi connectivity index (χ2n) is 3.02. The largest absolute Gasteiger partial charge is 0.476 e. The maximum atomic E-state index is 11.3. The number of carbonyl (C=O) groups is 1. The van der Waals surface area contributed by atoms with Crippen LogP contribution in [0.2, 0.25) is 0 Å². The van der Waals surface area contributed by atoms with Crippen LogP contribution in [0.1, 0.15) is 23.3 Å². The van der Waals surface area contributed by atoms with Crippen molar-refractivity contribution < 1.29 is 9.90 Å². The van der Waals surface area contributed by atoms with Gasteiger partial charge >= 0.3 is 5.97 Å². The third-order valence-electron chi connectivity index (χ3n) is 1.86. The Hall–Kier alpha value is -1.91. The lowest BCUT2D eigenvalue weighted by atomic mass is 10.3. The summed E-state index contributed by atoms with van der Waals surface area (Å²) in [5.41, 5.74) is -0.405. The number of rotatable bonds is 5. The molecule has 0 aliphatic heterocycles. The molecule has 0 amide bonds. The zero-order chi connectivity index (χ0) is 11.3. The SMILES string of the molecule is C=CCCCn1nc(C(=O)O)ccc1=O. The molecule has 0 fully saturated rings. The molecule has 0 unspecified atom stereocenters. The molecule has 0 saturated heterocycles. The first-order chi connectivity index (χ1) is 7.15. The van der Waals surface area contributed by atoms with Crippen LogP contribution in [-0.2, 0) is 6.54 Å². The quantitative estimate of drug-likeness (QED) is 0.576. The van der Waals surface area contributed by atoms with Gasteiger partial charge in [0.1, 0.15) is 0 Å². The molecule has 0 radical (unpaired) electrons. The van der Waals surface area contributed by atoms with E-state index < -0.39 is 5.97 Å². The predicted octanol–water partition coefficient (Wildman–Crippen LogP) is 0.908. The Bertz CT molecular complexity index is 423. The van der Waals surface area contributed by atoms with Gasteiger partial charge in [0.15, 0.2) is 5.69 Å². The van der Waals surface area contributed by atoms with E-state index in [4.69, 9.17) is 5.11 Å². The van der Waals surface area contributed by atoms with Crippen LogP contribution in [0, 0.1) is 0 Å². The molecule has 0 aliphatic rings. The van der Waals surface area contributed by atoms with Crippen molar-refractivity contribution in [2.45, 2.75) is 19.4 Å². The highest BCUT2D eigenvalue weighted by molar-refractivity contribution is 5.84. The van der Waals surface area contributed by atoms with E-state index in [1.165, 1.54) is 12.1 Å². The molecule has 5 heteroatoms. The van der Waals surface area contributed by atoms with E-state index in [1.807, 2.05) is 0 Å². The summed E-state index contributed by atoms with van der Waals surface area (Å²) >= 11 is 0. The van der Waals surface area contributed by atoms with Gasteiger partial charge in [-0.15, -0.1) is 6.58 Å². The Balaban J connectivity index is 2.85. The summed E-state index contributed by atoms with van der Waals surface area (Å²) in [4.78, 5) is 21.9. The first-order valence-corrected chi connectivity index (χ1v) is 4.57. The van der Waals surface area contributed by atoms with Crippen molar-refractivity contribution in [1.82, 2.24) is 9.78 Å². The average Bonchev–Trinajstić information content (AvgIpc) is 2.20. The molecule has 1 N–H and O–H groups in total. The Kier molecular flexibility index (Phi) is 3.79. The Morgan fingerprint density at radius 2 is 2.33 bits per heavy atom. The van der Waals surface area contributed by atoms with E-state index in [2.05, 4.69) is 11.7 Å². The number of hydrogen-bond acceptors (Lipinski definition) is 3. The van der Waals surface area contributed by atoms with Gasteiger partial charge in [0.25, 0.3) is 5.56 Å². The molecule has 1 aromatic rings. The lowest BCUT2D eigenvalue weighted by Crippen LogP contribution is -2.24. The molecule has 0 aliphatic carbocycles. The fourth-order valence-corrected chi connectivity index (χ4v) is 1.11. The molecule has 5 nitrogen and oxygen atoms in total. The summed E-state index contributed by atoms with van der Waals surface area (Å²) in [6, 6.07) is 2.42. The minimum atomic E-state index is -1.13. The van der Waals surface area contributed by atoms with Gasteiger partial charge in [-0.05, 0) is 18.9 Å². The van der Waals surface area contributed by atoms with Gasteiger partial charge in [-0.3, -0.25) is 4.79 Å². The smallest absolute Gasteiger partial charge is 0.356 e. The third kappa shape index (κ3) is 3.05. The number of hydrogen-bond donors (Lipinski definition) is 1. The fourth-order valence-electron chi connectivity index (χ4n) is 1.11. The molecule has 1 heterocycles. The molecule has 1 rings (SSSR count). The average molecular weight is 208 g/mol. The van der Waals surface area contributed by atoms with E-state index in [0.29, 0.717) is 6.54 Å². The van der Waals surface area contributed by atoms with Crippen molar-refractivity contribution in [3.05, 3.63) is 40.8 Å². The second kappa shape index (κ2) is 5.09. The first kappa shape index (κ1) is 11.2. The minimum absolute atomic E-state index is 0.117. The highest BCUT2D eigenvalue weighted by Crippen LogP contribution is 1.94. The van der Waals surface area contributed by atoms with E-state index in [1.54, 1.807) is 6.08 Å². The number of carboxylic acids is 1. The lowest BCUT2D eigenvalue weighted by Gasteiger charge is -2.03. The van der Waals surface area contributed by atoms with Gasteiger partial charge in [0, 0.05) is 12.6 Å². The molecule has 0 bridgehead atoms. The number of allylic oxidation sites excluding steroid dienone is 1. The van der Waals surface area contributed by atoms with Gasteiger partial charge in [-0.2, -0.15) is 5.10 Å². The topological polar surface area (TPSA) is 72.2 Å². The fraction of sp³-hybridized carbons (Fsp3) is 0.300. The van der Waals surface area contributed by atoms with E-state index in [0.717, 1.165) is 17.5 Å². The van der Waals surface area contributed by atoms with E-state index in [9.17, 15) is 9.59 Å². The highest BCUT2D eigenvalue weighted by Gasteiger charge is 2.06. The Morgan fingerprint density at radius 1 is 1.60 bits per heavy atom. The molecule has 0 aromatic carbocycles. The van der Waals surface area contributed by atoms with Crippen molar-refractivity contribution >= 4 is 5.97 Å². The predicted molar refractivity (Wildman–Crippen MR) is 54.9 cm³/mol. The molecular weight excluding hydrogens is 196 g/mol. The van der Waals surface area contributed by atoms with Crippen LogP contribution in [-0.4, -0.2) is 20.9 Å². The maximum absolute atomic E-state index is 11.3. The Labute approximate surface area is 86.7 Å².